The molecule has 1 N–H and O–H groups in total. The van der Waals surface area contributed by atoms with E-state index in [2.05, 4.69) is 20.3 Å². The Labute approximate surface area is 76.3 Å². The predicted octanol–water partition coefficient (Wildman–Crippen LogP) is 0.0427. The zero-order valence-electron chi connectivity index (χ0n) is 7.45. The normalized spacial score (nSPS) is 39.5. The molecule has 2 saturated carbocycles. The van der Waals surface area contributed by atoms with Crippen LogP contribution in [0.15, 0.2) is 0 Å². The predicted molar refractivity (Wildman–Crippen MR) is 46.1 cm³/mol. The minimum absolute atomic E-state index is 0.470. The van der Waals surface area contributed by atoms with Gasteiger partial charge in [-0.25, -0.2) is 4.68 Å². The second kappa shape index (κ2) is 1.80. The highest BCUT2D eigenvalue weighted by Crippen LogP contribution is 2.72. The van der Waals surface area contributed by atoms with Crippen molar-refractivity contribution in [3.63, 3.8) is 0 Å². The van der Waals surface area contributed by atoms with E-state index in [1.165, 1.54) is 24.2 Å². The summed E-state index contributed by atoms with van der Waals surface area (Å²) in [6.45, 7) is 2.00. The third-order valence-electron chi connectivity index (χ3n) is 3.74. The molecule has 1 aliphatic heterocycles. The number of hydrogen-bond acceptors (Lipinski definition) is 3. The molecule has 0 unspecified atom stereocenters. The molecule has 0 bridgehead atoms. The van der Waals surface area contributed by atoms with Crippen molar-refractivity contribution in [1.82, 2.24) is 20.3 Å². The second-order valence-electron chi connectivity index (χ2n) is 4.53. The van der Waals surface area contributed by atoms with Crippen LogP contribution in [0.25, 0.3) is 0 Å². The van der Waals surface area contributed by atoms with Gasteiger partial charge in [-0.1, -0.05) is 5.21 Å². The van der Waals surface area contributed by atoms with E-state index in [0.717, 1.165) is 25.4 Å². The summed E-state index contributed by atoms with van der Waals surface area (Å²) in [4.78, 5) is 0. The number of nitrogens with one attached hydrogen (secondary N) is 1. The fourth-order valence-corrected chi connectivity index (χ4v) is 2.51. The summed E-state index contributed by atoms with van der Waals surface area (Å²) in [7, 11) is 0. The van der Waals surface area contributed by atoms with Crippen molar-refractivity contribution < 1.29 is 0 Å². The molecule has 13 heavy (non-hydrogen) atoms. The Balaban J connectivity index is 1.85. The van der Waals surface area contributed by atoms with Crippen LogP contribution in [0.1, 0.15) is 24.2 Å². The number of fused-ring (bicyclic) bond motifs is 2. The van der Waals surface area contributed by atoms with Gasteiger partial charge in [0.2, 0.25) is 0 Å². The van der Waals surface area contributed by atoms with Gasteiger partial charge in [0, 0.05) is 19.5 Å². The highest BCUT2D eigenvalue weighted by molar-refractivity contribution is 5.28. The lowest BCUT2D eigenvalue weighted by atomic mass is 10.2. The van der Waals surface area contributed by atoms with E-state index < -0.39 is 0 Å². The number of rotatable bonds is 1. The third kappa shape index (κ3) is 0.668. The summed E-state index contributed by atoms with van der Waals surface area (Å²) >= 11 is 0. The summed E-state index contributed by atoms with van der Waals surface area (Å²) < 4.78 is 2.23. The van der Waals surface area contributed by atoms with Crippen LogP contribution in [0.2, 0.25) is 0 Å². The van der Waals surface area contributed by atoms with Gasteiger partial charge in [0.1, 0.15) is 0 Å². The van der Waals surface area contributed by atoms with Crippen LogP contribution in [-0.4, -0.2) is 21.5 Å². The SMILES string of the molecule is C1Cc2c(nnn2C23CC2C3)CN1. The summed E-state index contributed by atoms with van der Waals surface area (Å²) in [5, 5.41) is 11.9. The Hall–Kier alpha value is -0.900. The van der Waals surface area contributed by atoms with Crippen LogP contribution in [-0.2, 0) is 18.5 Å². The van der Waals surface area contributed by atoms with Gasteiger partial charge in [0.25, 0.3) is 0 Å². The van der Waals surface area contributed by atoms with Crippen molar-refractivity contribution in [2.45, 2.75) is 31.3 Å². The monoisotopic (exact) mass is 176 g/mol. The highest BCUT2D eigenvalue weighted by atomic mass is 15.5. The van der Waals surface area contributed by atoms with Crippen LogP contribution >= 0.6 is 0 Å². The second-order valence-corrected chi connectivity index (χ2v) is 4.53. The van der Waals surface area contributed by atoms with E-state index in [0.29, 0.717) is 5.54 Å². The third-order valence-corrected chi connectivity index (χ3v) is 3.74. The van der Waals surface area contributed by atoms with Gasteiger partial charge in [-0.3, -0.25) is 0 Å². The molecule has 0 saturated heterocycles. The molecule has 0 spiro atoms. The van der Waals surface area contributed by atoms with Crippen molar-refractivity contribution in [2.75, 3.05) is 6.54 Å². The molecule has 1 aromatic rings. The number of hydrogen-bond donors (Lipinski definition) is 1. The Morgan fingerprint density at radius 3 is 3.08 bits per heavy atom. The molecule has 4 heteroatoms. The molecule has 1 aromatic heterocycles. The molecule has 2 fully saturated rings. The first-order chi connectivity index (χ1) is 6.40. The first kappa shape index (κ1) is 6.54. The maximum atomic E-state index is 4.30. The number of aromatic nitrogens is 3. The highest BCUT2D eigenvalue weighted by Gasteiger charge is 2.72. The van der Waals surface area contributed by atoms with Crippen LogP contribution < -0.4 is 5.32 Å². The lowest BCUT2D eigenvalue weighted by Gasteiger charge is -2.14. The largest absolute Gasteiger partial charge is 0.311 e. The van der Waals surface area contributed by atoms with Gasteiger partial charge in [-0.15, -0.1) is 5.10 Å². The molecule has 68 valence electrons. The van der Waals surface area contributed by atoms with E-state index in [9.17, 15) is 0 Å². The smallest absolute Gasteiger partial charge is 0.0997 e. The van der Waals surface area contributed by atoms with E-state index >= 15 is 0 Å². The van der Waals surface area contributed by atoms with Gasteiger partial charge in [-0.05, 0) is 18.8 Å². The Kier molecular flexibility index (Phi) is 0.904. The van der Waals surface area contributed by atoms with Gasteiger partial charge >= 0.3 is 0 Å². The van der Waals surface area contributed by atoms with Gasteiger partial charge in [-0.2, -0.15) is 0 Å². The molecule has 4 rings (SSSR count). The lowest BCUT2D eigenvalue weighted by molar-refractivity contribution is 0.484. The Bertz CT molecular complexity index is 375. The molecular formula is C9H12N4. The summed E-state index contributed by atoms with van der Waals surface area (Å²) in [5.74, 6) is 0.952. The van der Waals surface area contributed by atoms with Gasteiger partial charge < -0.3 is 5.32 Å². The first-order valence-electron chi connectivity index (χ1n) is 5.05. The fourth-order valence-electron chi connectivity index (χ4n) is 2.51. The molecular weight excluding hydrogens is 164 g/mol. The van der Waals surface area contributed by atoms with Gasteiger partial charge in [0.05, 0.1) is 16.9 Å². The van der Waals surface area contributed by atoms with Gasteiger partial charge in [0.15, 0.2) is 0 Å². The lowest BCUT2D eigenvalue weighted by Crippen LogP contribution is -2.26. The Morgan fingerprint density at radius 1 is 1.46 bits per heavy atom. The summed E-state index contributed by atoms with van der Waals surface area (Å²) in [6, 6.07) is 0. The van der Waals surface area contributed by atoms with Crippen molar-refractivity contribution in [1.29, 1.82) is 0 Å². The molecule has 0 aromatic carbocycles. The zero-order chi connectivity index (χ0) is 8.47. The van der Waals surface area contributed by atoms with Crippen LogP contribution in [0.3, 0.4) is 0 Å². The van der Waals surface area contributed by atoms with E-state index in [1.807, 2.05) is 0 Å². The summed E-state index contributed by atoms with van der Waals surface area (Å²) in [5.41, 5.74) is 3.05. The van der Waals surface area contributed by atoms with Crippen LogP contribution in [0.4, 0.5) is 0 Å². The van der Waals surface area contributed by atoms with Crippen LogP contribution in [0, 0.1) is 5.92 Å². The van der Waals surface area contributed by atoms with Crippen molar-refractivity contribution in [3.8, 4) is 0 Å². The topological polar surface area (TPSA) is 42.7 Å². The first-order valence-corrected chi connectivity index (χ1v) is 5.05. The molecule has 2 heterocycles. The van der Waals surface area contributed by atoms with E-state index in [4.69, 9.17) is 0 Å². The van der Waals surface area contributed by atoms with Crippen LogP contribution in [0.5, 0.6) is 0 Å². The Morgan fingerprint density at radius 2 is 2.31 bits per heavy atom. The molecule has 0 radical (unpaired) electrons. The van der Waals surface area contributed by atoms with Crippen molar-refractivity contribution >= 4 is 0 Å². The molecule has 3 aliphatic rings. The molecule has 0 amide bonds. The minimum atomic E-state index is 0.470. The quantitative estimate of drug-likeness (QED) is 0.657. The zero-order valence-corrected chi connectivity index (χ0v) is 7.45. The molecule has 0 atom stereocenters. The average molecular weight is 176 g/mol. The van der Waals surface area contributed by atoms with E-state index in [1.54, 1.807) is 0 Å². The maximum absolute atomic E-state index is 4.30. The number of nitrogens with zero attached hydrogens (tertiary/aromatic N) is 3. The molecule has 2 aliphatic carbocycles. The summed E-state index contributed by atoms with van der Waals surface area (Å²) in [6.07, 6.45) is 3.82. The van der Waals surface area contributed by atoms with Crippen molar-refractivity contribution in [2.24, 2.45) is 5.92 Å². The minimum Gasteiger partial charge on any atom is -0.311 e. The average Bonchev–Trinajstić information content (AvgIpc) is 2.93. The van der Waals surface area contributed by atoms with Crippen molar-refractivity contribution in [3.05, 3.63) is 11.4 Å². The maximum Gasteiger partial charge on any atom is 0.0997 e. The van der Waals surface area contributed by atoms with E-state index in [-0.39, 0.29) is 0 Å². The fraction of sp³-hybridized carbons (Fsp3) is 0.778. The molecule has 4 nitrogen and oxygen atoms in total. The standard InChI is InChI=1S/C9H12N4/c1-2-10-5-7-8(1)13(12-11-7)9-3-6(9)4-9/h6,10H,1-5H2.